The van der Waals surface area contributed by atoms with Crippen molar-refractivity contribution in [2.45, 2.75) is 46.5 Å². The minimum atomic E-state index is -0.240. The molecule has 25 heavy (non-hydrogen) atoms. The zero-order valence-corrected chi connectivity index (χ0v) is 15.0. The van der Waals surface area contributed by atoms with Crippen LogP contribution in [0.2, 0.25) is 0 Å². The number of rotatable bonds is 4. The summed E-state index contributed by atoms with van der Waals surface area (Å²) in [5, 5.41) is 6.88. The summed E-state index contributed by atoms with van der Waals surface area (Å²) in [4.78, 5) is 26.6. The molecule has 1 fully saturated rings. The molecule has 132 valence electrons. The summed E-state index contributed by atoms with van der Waals surface area (Å²) < 4.78 is 5.30. The number of amides is 2. The Morgan fingerprint density at radius 3 is 2.72 bits per heavy atom. The summed E-state index contributed by atoms with van der Waals surface area (Å²) in [7, 11) is 0. The van der Waals surface area contributed by atoms with Crippen LogP contribution >= 0.6 is 0 Å². The first-order valence-electron chi connectivity index (χ1n) is 8.57. The van der Waals surface area contributed by atoms with Crippen molar-refractivity contribution in [3.63, 3.8) is 0 Å². The van der Waals surface area contributed by atoms with Crippen LogP contribution in [-0.4, -0.2) is 23.5 Å². The lowest BCUT2D eigenvalue weighted by Gasteiger charge is -2.20. The maximum Gasteiger partial charge on any atom is 0.261 e. The van der Waals surface area contributed by atoms with Crippen LogP contribution in [0.15, 0.2) is 22.7 Å². The number of carbonyl (C=O) groups excluding carboxylic acids is 2. The second kappa shape index (κ2) is 6.70. The van der Waals surface area contributed by atoms with Gasteiger partial charge in [0.25, 0.3) is 5.91 Å². The minimum absolute atomic E-state index is 0.0663. The fraction of sp³-hybridized carbons (Fsp3) is 0.421. The highest BCUT2D eigenvalue weighted by atomic mass is 16.5. The summed E-state index contributed by atoms with van der Waals surface area (Å²) in [6.45, 7) is 8.32. The van der Waals surface area contributed by atoms with Gasteiger partial charge in [-0.3, -0.25) is 9.59 Å². The van der Waals surface area contributed by atoms with E-state index < -0.39 is 0 Å². The maximum atomic E-state index is 12.8. The fourth-order valence-corrected chi connectivity index (χ4v) is 3.20. The van der Waals surface area contributed by atoms with E-state index in [1.807, 2.05) is 39.0 Å². The maximum absolute atomic E-state index is 12.8. The molecule has 2 aromatic rings. The molecule has 0 atom stereocenters. The van der Waals surface area contributed by atoms with Gasteiger partial charge >= 0.3 is 0 Å². The van der Waals surface area contributed by atoms with Gasteiger partial charge in [-0.2, -0.15) is 0 Å². The molecule has 0 spiro atoms. The summed E-state index contributed by atoms with van der Waals surface area (Å²) in [5.41, 5.74) is 3.48. The summed E-state index contributed by atoms with van der Waals surface area (Å²) in [6.07, 6.45) is 1.44. The Bertz CT molecular complexity index is 823. The molecule has 1 saturated heterocycles. The van der Waals surface area contributed by atoms with Gasteiger partial charge in [0.1, 0.15) is 5.56 Å². The number of benzene rings is 1. The van der Waals surface area contributed by atoms with E-state index >= 15 is 0 Å². The van der Waals surface area contributed by atoms with Crippen molar-refractivity contribution < 1.29 is 14.1 Å². The second-order valence-electron chi connectivity index (χ2n) is 6.71. The number of nitrogens with zero attached hydrogens (tertiary/aromatic N) is 2. The van der Waals surface area contributed by atoms with E-state index in [4.69, 9.17) is 4.52 Å². The quantitative estimate of drug-likeness (QED) is 0.918. The highest BCUT2D eigenvalue weighted by Crippen LogP contribution is 2.31. The van der Waals surface area contributed by atoms with E-state index in [0.29, 0.717) is 29.1 Å². The van der Waals surface area contributed by atoms with Crippen molar-refractivity contribution >= 4 is 23.2 Å². The lowest BCUT2D eigenvalue weighted by Crippen LogP contribution is -2.25. The predicted octanol–water partition coefficient (Wildman–Crippen LogP) is 3.79. The second-order valence-corrected chi connectivity index (χ2v) is 6.71. The molecule has 0 aliphatic carbocycles. The zero-order chi connectivity index (χ0) is 18.1. The van der Waals surface area contributed by atoms with Crippen molar-refractivity contribution in [1.82, 2.24) is 5.16 Å². The van der Waals surface area contributed by atoms with Crippen molar-refractivity contribution in [3.05, 3.63) is 40.8 Å². The van der Waals surface area contributed by atoms with Gasteiger partial charge in [-0.1, -0.05) is 25.1 Å². The van der Waals surface area contributed by atoms with Gasteiger partial charge in [0.05, 0.1) is 5.69 Å². The number of carbonyl (C=O) groups is 2. The molecule has 1 aromatic heterocycles. The first-order chi connectivity index (χ1) is 11.9. The normalized spacial score (nSPS) is 14.4. The molecular weight excluding hydrogens is 318 g/mol. The number of aromatic nitrogens is 1. The molecule has 1 aromatic carbocycles. The van der Waals surface area contributed by atoms with Crippen LogP contribution in [-0.2, 0) is 4.79 Å². The standard InChI is InChI=1S/C19H23N3O3/c1-11(2)18-17(13(4)21-25-18)19(24)20-14-7-5-8-15(12(14)3)22-10-6-9-16(22)23/h5,7-8,11H,6,9-10H2,1-4H3,(H,20,24). The van der Waals surface area contributed by atoms with E-state index in [1.165, 1.54) is 0 Å². The molecule has 0 saturated carbocycles. The lowest BCUT2D eigenvalue weighted by atomic mass is 10.0. The molecule has 0 bridgehead atoms. The van der Waals surface area contributed by atoms with Crippen LogP contribution in [0.3, 0.4) is 0 Å². The molecule has 2 amide bonds. The van der Waals surface area contributed by atoms with Crippen LogP contribution in [0.5, 0.6) is 0 Å². The molecule has 1 aliphatic heterocycles. The average Bonchev–Trinajstić information content (AvgIpc) is 3.15. The Hall–Kier alpha value is -2.63. The summed E-state index contributed by atoms with van der Waals surface area (Å²) in [5.74, 6) is 0.536. The highest BCUT2D eigenvalue weighted by molar-refractivity contribution is 6.07. The Kier molecular flexibility index (Phi) is 4.61. The van der Waals surface area contributed by atoms with Gasteiger partial charge < -0.3 is 14.7 Å². The molecule has 6 heteroatoms. The van der Waals surface area contributed by atoms with Crippen molar-refractivity contribution in [2.75, 3.05) is 16.8 Å². The SMILES string of the molecule is Cc1noc(C(C)C)c1C(=O)Nc1cccc(N2CCCC2=O)c1C. The topological polar surface area (TPSA) is 75.4 Å². The van der Waals surface area contributed by atoms with Crippen molar-refractivity contribution in [3.8, 4) is 0 Å². The Morgan fingerprint density at radius 1 is 1.32 bits per heavy atom. The first-order valence-corrected chi connectivity index (χ1v) is 8.57. The molecule has 3 rings (SSSR count). The third kappa shape index (κ3) is 3.16. The number of aryl methyl sites for hydroxylation is 1. The molecule has 0 unspecified atom stereocenters. The van der Waals surface area contributed by atoms with E-state index in [1.54, 1.807) is 11.8 Å². The van der Waals surface area contributed by atoms with Crippen LogP contribution in [0.1, 0.15) is 60.0 Å². The fourth-order valence-electron chi connectivity index (χ4n) is 3.20. The van der Waals surface area contributed by atoms with Crippen LogP contribution in [0.25, 0.3) is 0 Å². The molecule has 6 nitrogen and oxygen atoms in total. The first kappa shape index (κ1) is 17.2. The van der Waals surface area contributed by atoms with Gasteiger partial charge in [0.2, 0.25) is 5.91 Å². The Balaban J connectivity index is 1.90. The Labute approximate surface area is 147 Å². The monoisotopic (exact) mass is 341 g/mol. The average molecular weight is 341 g/mol. The molecule has 0 radical (unpaired) electrons. The van der Waals surface area contributed by atoms with E-state index in [9.17, 15) is 9.59 Å². The number of hydrogen-bond donors (Lipinski definition) is 1. The highest BCUT2D eigenvalue weighted by Gasteiger charge is 2.26. The smallest absolute Gasteiger partial charge is 0.261 e. The van der Waals surface area contributed by atoms with E-state index in [2.05, 4.69) is 10.5 Å². The van der Waals surface area contributed by atoms with Crippen LogP contribution in [0, 0.1) is 13.8 Å². The largest absolute Gasteiger partial charge is 0.360 e. The molecule has 1 aliphatic rings. The Morgan fingerprint density at radius 2 is 2.08 bits per heavy atom. The molecule has 1 N–H and O–H groups in total. The number of nitrogens with one attached hydrogen (secondary N) is 1. The molecule has 2 heterocycles. The van der Waals surface area contributed by atoms with Gasteiger partial charge in [-0.05, 0) is 38.0 Å². The summed E-state index contributed by atoms with van der Waals surface area (Å²) >= 11 is 0. The van der Waals surface area contributed by atoms with Crippen molar-refractivity contribution in [2.24, 2.45) is 0 Å². The van der Waals surface area contributed by atoms with Gasteiger partial charge in [0.15, 0.2) is 5.76 Å². The van der Waals surface area contributed by atoms with Crippen LogP contribution < -0.4 is 10.2 Å². The van der Waals surface area contributed by atoms with Gasteiger partial charge in [-0.15, -0.1) is 0 Å². The predicted molar refractivity (Wildman–Crippen MR) is 96.0 cm³/mol. The third-order valence-electron chi connectivity index (χ3n) is 4.56. The van der Waals surface area contributed by atoms with Crippen molar-refractivity contribution in [1.29, 1.82) is 0 Å². The number of hydrogen-bond acceptors (Lipinski definition) is 4. The van der Waals surface area contributed by atoms with E-state index in [-0.39, 0.29) is 17.7 Å². The lowest BCUT2D eigenvalue weighted by molar-refractivity contribution is -0.117. The molecular formula is C19H23N3O3. The van der Waals surface area contributed by atoms with Gasteiger partial charge in [0, 0.05) is 30.3 Å². The zero-order valence-electron chi connectivity index (χ0n) is 15.0. The minimum Gasteiger partial charge on any atom is -0.360 e. The van der Waals surface area contributed by atoms with Gasteiger partial charge in [-0.25, -0.2) is 0 Å². The van der Waals surface area contributed by atoms with E-state index in [0.717, 1.165) is 24.2 Å². The van der Waals surface area contributed by atoms with Crippen LogP contribution in [0.4, 0.5) is 11.4 Å². The summed E-state index contributed by atoms with van der Waals surface area (Å²) in [6, 6.07) is 5.61. The number of anilines is 2. The third-order valence-corrected chi connectivity index (χ3v) is 4.56.